The van der Waals surface area contributed by atoms with Gasteiger partial charge in [0.2, 0.25) is 5.91 Å². The zero-order valence-corrected chi connectivity index (χ0v) is 13.1. The van der Waals surface area contributed by atoms with Crippen molar-refractivity contribution in [1.82, 2.24) is 4.90 Å². The van der Waals surface area contributed by atoms with Gasteiger partial charge in [0.15, 0.2) is 0 Å². The van der Waals surface area contributed by atoms with Crippen molar-refractivity contribution < 1.29 is 9.53 Å². The minimum Gasteiger partial charge on any atom is -0.487 e. The van der Waals surface area contributed by atoms with Crippen LogP contribution in [0, 0.1) is 0 Å². The van der Waals surface area contributed by atoms with Gasteiger partial charge in [0.1, 0.15) is 11.4 Å². The third kappa shape index (κ3) is 2.42. The van der Waals surface area contributed by atoms with Crippen molar-refractivity contribution in [1.29, 1.82) is 0 Å². The molecule has 1 amide bonds. The Morgan fingerprint density at radius 1 is 1.43 bits per heavy atom. The van der Waals surface area contributed by atoms with E-state index in [2.05, 4.69) is 32.0 Å². The summed E-state index contributed by atoms with van der Waals surface area (Å²) in [6.07, 6.45) is 2.19. The summed E-state index contributed by atoms with van der Waals surface area (Å²) in [6, 6.07) is 6.13. The minimum atomic E-state index is -0.182. The molecule has 2 unspecified atom stereocenters. The maximum Gasteiger partial charge on any atom is 0.223 e. The van der Waals surface area contributed by atoms with Crippen LogP contribution in [-0.4, -0.2) is 29.0 Å². The molecule has 2 aliphatic rings. The molecule has 21 heavy (non-hydrogen) atoms. The number of piperidine rings is 1. The Morgan fingerprint density at radius 2 is 2.19 bits per heavy atom. The number of carbonyl (C=O) groups is 1. The first-order chi connectivity index (χ1) is 9.93. The molecule has 0 bridgehead atoms. The fraction of sp³-hybridized carbons (Fsp3) is 0.588. The molecule has 0 radical (unpaired) electrons. The van der Waals surface area contributed by atoms with Crippen molar-refractivity contribution in [2.75, 3.05) is 6.54 Å². The minimum absolute atomic E-state index is 0.0264. The quantitative estimate of drug-likeness (QED) is 0.909. The van der Waals surface area contributed by atoms with Crippen molar-refractivity contribution in [3.63, 3.8) is 0 Å². The monoisotopic (exact) mass is 288 g/mol. The highest BCUT2D eigenvalue weighted by atomic mass is 16.5. The van der Waals surface area contributed by atoms with E-state index in [1.54, 1.807) is 0 Å². The van der Waals surface area contributed by atoms with E-state index >= 15 is 0 Å². The van der Waals surface area contributed by atoms with Gasteiger partial charge in [0.05, 0.1) is 6.04 Å². The first-order valence-corrected chi connectivity index (χ1v) is 7.79. The Bertz CT molecular complexity index is 568. The average Bonchev–Trinajstić information content (AvgIpc) is 2.75. The predicted octanol–water partition coefficient (Wildman–Crippen LogP) is 2.41. The van der Waals surface area contributed by atoms with Crippen molar-refractivity contribution in [2.45, 2.75) is 57.7 Å². The smallest absolute Gasteiger partial charge is 0.223 e. The summed E-state index contributed by atoms with van der Waals surface area (Å²) in [5.74, 6) is 1.13. The summed E-state index contributed by atoms with van der Waals surface area (Å²) >= 11 is 0. The number of rotatable bonds is 2. The zero-order valence-electron chi connectivity index (χ0n) is 13.1. The van der Waals surface area contributed by atoms with Crippen LogP contribution in [0.5, 0.6) is 5.75 Å². The molecule has 3 rings (SSSR count). The van der Waals surface area contributed by atoms with E-state index in [0.717, 1.165) is 24.2 Å². The van der Waals surface area contributed by atoms with Crippen LogP contribution >= 0.6 is 0 Å². The lowest BCUT2D eigenvalue weighted by atomic mass is 9.88. The highest BCUT2D eigenvalue weighted by molar-refractivity contribution is 5.78. The molecule has 1 aromatic carbocycles. The fourth-order valence-corrected chi connectivity index (χ4v) is 3.62. The molecule has 2 aliphatic heterocycles. The number of likely N-dealkylation sites (N-methyl/N-ethyl adjacent to an activating group) is 1. The second-order valence-electron chi connectivity index (χ2n) is 6.70. The Kier molecular flexibility index (Phi) is 3.44. The van der Waals surface area contributed by atoms with Crippen molar-refractivity contribution in [3.8, 4) is 5.75 Å². The molecular formula is C17H24N2O2. The number of benzene rings is 1. The Morgan fingerprint density at radius 3 is 2.90 bits per heavy atom. The van der Waals surface area contributed by atoms with E-state index in [4.69, 9.17) is 10.5 Å². The molecule has 0 spiro atoms. The third-order valence-corrected chi connectivity index (χ3v) is 4.53. The van der Waals surface area contributed by atoms with Crippen LogP contribution < -0.4 is 10.5 Å². The van der Waals surface area contributed by atoms with Gasteiger partial charge in [-0.2, -0.15) is 0 Å². The Hall–Kier alpha value is -1.55. The molecular weight excluding hydrogens is 264 g/mol. The van der Waals surface area contributed by atoms with Gasteiger partial charge in [-0.15, -0.1) is 0 Å². The number of nitrogens with two attached hydrogens (primary N) is 1. The number of para-hydroxylation sites is 1. The number of likely N-dealkylation sites (tertiary alicyclic amines) is 1. The maximum absolute atomic E-state index is 12.2. The Labute approximate surface area is 126 Å². The second kappa shape index (κ2) is 5.02. The standard InChI is InChI=1S/C17H24N2O2/c1-4-19-14(20)9-8-13(18)15(19)12-7-5-6-11-10-17(2,3)21-16(11)12/h5-7,13,15H,4,8-10,18H2,1-3H3. The van der Waals surface area contributed by atoms with Gasteiger partial charge >= 0.3 is 0 Å². The molecule has 4 nitrogen and oxygen atoms in total. The number of nitrogens with zero attached hydrogens (tertiary/aromatic N) is 1. The van der Waals surface area contributed by atoms with Gasteiger partial charge in [-0.25, -0.2) is 0 Å². The largest absolute Gasteiger partial charge is 0.487 e. The van der Waals surface area contributed by atoms with Crippen molar-refractivity contribution in [2.24, 2.45) is 5.73 Å². The van der Waals surface area contributed by atoms with Crippen LogP contribution in [0.4, 0.5) is 0 Å². The van der Waals surface area contributed by atoms with Gasteiger partial charge in [0, 0.05) is 31.0 Å². The van der Waals surface area contributed by atoms with Crippen LogP contribution in [0.2, 0.25) is 0 Å². The number of carbonyl (C=O) groups excluding carboxylic acids is 1. The maximum atomic E-state index is 12.2. The van der Waals surface area contributed by atoms with Crippen molar-refractivity contribution in [3.05, 3.63) is 29.3 Å². The molecule has 0 saturated carbocycles. The highest BCUT2D eigenvalue weighted by Crippen LogP contribution is 2.43. The van der Waals surface area contributed by atoms with Crippen LogP contribution in [0.25, 0.3) is 0 Å². The van der Waals surface area contributed by atoms with E-state index in [9.17, 15) is 4.79 Å². The number of hydrogen-bond donors (Lipinski definition) is 1. The summed E-state index contributed by atoms with van der Waals surface area (Å²) in [6.45, 7) is 6.89. The zero-order chi connectivity index (χ0) is 15.2. The summed E-state index contributed by atoms with van der Waals surface area (Å²) in [5.41, 5.74) is 8.46. The normalized spacial score (nSPS) is 27.4. The molecule has 4 heteroatoms. The molecule has 2 atom stereocenters. The van der Waals surface area contributed by atoms with Crippen LogP contribution in [0.15, 0.2) is 18.2 Å². The van der Waals surface area contributed by atoms with Crippen LogP contribution in [-0.2, 0) is 11.2 Å². The van der Waals surface area contributed by atoms with E-state index in [0.29, 0.717) is 13.0 Å². The number of ether oxygens (including phenoxy) is 1. The molecule has 114 valence electrons. The molecule has 0 aliphatic carbocycles. The van der Waals surface area contributed by atoms with E-state index < -0.39 is 0 Å². The predicted molar refractivity (Wildman–Crippen MR) is 82.2 cm³/mol. The second-order valence-corrected chi connectivity index (χ2v) is 6.70. The van der Waals surface area contributed by atoms with Crippen molar-refractivity contribution >= 4 is 5.91 Å². The number of hydrogen-bond acceptors (Lipinski definition) is 3. The molecule has 1 saturated heterocycles. The van der Waals surface area contributed by atoms with Gasteiger partial charge in [0.25, 0.3) is 0 Å². The lowest BCUT2D eigenvalue weighted by molar-refractivity contribution is -0.137. The number of amides is 1. The van der Waals surface area contributed by atoms with E-state index in [1.807, 2.05) is 11.8 Å². The summed E-state index contributed by atoms with van der Waals surface area (Å²) in [5, 5.41) is 0. The van der Waals surface area contributed by atoms with Gasteiger partial charge < -0.3 is 15.4 Å². The Balaban J connectivity index is 2.04. The van der Waals surface area contributed by atoms with Crippen LogP contribution in [0.1, 0.15) is 50.8 Å². The molecule has 0 aromatic heterocycles. The molecule has 1 aromatic rings. The van der Waals surface area contributed by atoms with Gasteiger partial charge in [-0.3, -0.25) is 4.79 Å². The highest BCUT2D eigenvalue weighted by Gasteiger charge is 2.39. The molecule has 1 fully saturated rings. The summed E-state index contributed by atoms with van der Waals surface area (Å²) < 4.78 is 6.16. The first kappa shape index (κ1) is 14.4. The average molecular weight is 288 g/mol. The van der Waals surface area contributed by atoms with Gasteiger partial charge in [-0.1, -0.05) is 18.2 Å². The lowest BCUT2D eigenvalue weighted by Gasteiger charge is -2.40. The number of fused-ring (bicyclic) bond motifs is 1. The third-order valence-electron chi connectivity index (χ3n) is 4.53. The fourth-order valence-electron chi connectivity index (χ4n) is 3.62. The van der Waals surface area contributed by atoms with E-state index in [1.165, 1.54) is 5.56 Å². The van der Waals surface area contributed by atoms with Gasteiger partial charge in [-0.05, 0) is 32.8 Å². The summed E-state index contributed by atoms with van der Waals surface area (Å²) in [7, 11) is 0. The SMILES string of the molecule is CCN1C(=O)CCC(N)C1c1cccc2c1OC(C)(C)C2. The summed E-state index contributed by atoms with van der Waals surface area (Å²) in [4.78, 5) is 14.1. The van der Waals surface area contributed by atoms with E-state index in [-0.39, 0.29) is 23.6 Å². The molecule has 2 heterocycles. The first-order valence-electron chi connectivity index (χ1n) is 7.79. The van der Waals surface area contributed by atoms with Crippen LogP contribution in [0.3, 0.4) is 0 Å². The topological polar surface area (TPSA) is 55.6 Å². The lowest BCUT2D eigenvalue weighted by Crippen LogP contribution is -2.48. The molecule has 2 N–H and O–H groups in total.